The van der Waals surface area contributed by atoms with Crippen LogP contribution >= 0.6 is 0 Å². The number of nitrogens with one attached hydrogen (secondary N) is 1. The summed E-state index contributed by atoms with van der Waals surface area (Å²) in [5, 5.41) is 13.1. The number of non-ortho nitro benzene ring substituents is 1. The van der Waals surface area contributed by atoms with Gasteiger partial charge in [-0.1, -0.05) is 0 Å². The smallest absolute Gasteiger partial charge is 0.330 e. The van der Waals surface area contributed by atoms with Gasteiger partial charge in [-0.2, -0.15) is 0 Å². The van der Waals surface area contributed by atoms with Crippen molar-refractivity contribution in [2.45, 2.75) is 0 Å². The van der Waals surface area contributed by atoms with Crippen LogP contribution in [0.3, 0.4) is 0 Å². The van der Waals surface area contributed by atoms with Gasteiger partial charge in [0.25, 0.3) is 5.69 Å². The Bertz CT molecular complexity index is 416. The minimum absolute atomic E-state index is 0.0331. The molecule has 1 heterocycles. The van der Waals surface area contributed by atoms with E-state index in [0.29, 0.717) is 11.4 Å². The van der Waals surface area contributed by atoms with Gasteiger partial charge in [0.05, 0.1) is 10.6 Å². The second-order valence-electron chi connectivity index (χ2n) is 2.77. The number of hydrogen-bond donors (Lipinski definition) is 1. The Morgan fingerprint density at radius 3 is 3.00 bits per heavy atom. The van der Waals surface area contributed by atoms with E-state index in [2.05, 4.69) is 5.32 Å². The number of esters is 1. The Labute approximate surface area is 78.6 Å². The van der Waals surface area contributed by atoms with Gasteiger partial charge in [0.2, 0.25) is 0 Å². The normalized spacial score (nSPS) is 13.9. The summed E-state index contributed by atoms with van der Waals surface area (Å²) in [5.74, 6) is -0.0711. The summed E-state index contributed by atoms with van der Waals surface area (Å²) in [4.78, 5) is 20.7. The van der Waals surface area contributed by atoms with Crippen LogP contribution in [0, 0.1) is 10.1 Å². The van der Waals surface area contributed by atoms with Crippen molar-refractivity contribution in [3.63, 3.8) is 0 Å². The van der Waals surface area contributed by atoms with Crippen LogP contribution in [-0.4, -0.2) is 17.4 Å². The molecule has 1 aliphatic heterocycles. The van der Waals surface area contributed by atoms with Crippen LogP contribution < -0.4 is 10.1 Å². The van der Waals surface area contributed by atoms with E-state index in [4.69, 9.17) is 4.74 Å². The molecule has 2 rings (SSSR count). The second kappa shape index (κ2) is 2.99. The van der Waals surface area contributed by atoms with E-state index in [1.165, 1.54) is 18.2 Å². The summed E-state index contributed by atoms with van der Waals surface area (Å²) in [6, 6.07) is 4.03. The Morgan fingerprint density at radius 2 is 2.29 bits per heavy atom. The number of carbonyl (C=O) groups is 1. The number of nitrogens with zero attached hydrogens (tertiary/aromatic N) is 1. The summed E-state index contributed by atoms with van der Waals surface area (Å²) in [6.07, 6.45) is 0. The van der Waals surface area contributed by atoms with Crippen molar-refractivity contribution in [1.29, 1.82) is 0 Å². The van der Waals surface area contributed by atoms with Gasteiger partial charge >= 0.3 is 5.97 Å². The molecular formula is C8H6N2O4. The first kappa shape index (κ1) is 8.49. The third kappa shape index (κ3) is 1.37. The van der Waals surface area contributed by atoms with Crippen LogP contribution in [0.15, 0.2) is 18.2 Å². The summed E-state index contributed by atoms with van der Waals surface area (Å²) in [5.41, 5.74) is 0.438. The summed E-state index contributed by atoms with van der Waals surface area (Å²) >= 11 is 0. The zero-order valence-corrected chi connectivity index (χ0v) is 7.02. The Balaban J connectivity index is 2.41. The van der Waals surface area contributed by atoms with Crippen molar-refractivity contribution < 1.29 is 14.5 Å². The van der Waals surface area contributed by atoms with E-state index in [-0.39, 0.29) is 12.2 Å². The monoisotopic (exact) mass is 194 g/mol. The molecule has 0 radical (unpaired) electrons. The molecule has 0 aliphatic carbocycles. The molecule has 1 aromatic rings. The molecule has 1 aliphatic rings. The molecule has 0 aromatic heterocycles. The van der Waals surface area contributed by atoms with Crippen LogP contribution in [0.2, 0.25) is 0 Å². The van der Waals surface area contributed by atoms with Crippen LogP contribution in [-0.2, 0) is 4.79 Å². The highest BCUT2D eigenvalue weighted by Crippen LogP contribution is 2.30. The third-order valence-electron chi connectivity index (χ3n) is 1.82. The quantitative estimate of drug-likeness (QED) is 0.311. The lowest BCUT2D eigenvalue weighted by atomic mass is 10.2. The maximum atomic E-state index is 10.8. The average molecular weight is 194 g/mol. The Hall–Kier alpha value is -2.11. The minimum atomic E-state index is -0.502. The number of hydrogen-bond acceptors (Lipinski definition) is 5. The maximum Gasteiger partial charge on any atom is 0.330 e. The van der Waals surface area contributed by atoms with Gasteiger partial charge in [0.15, 0.2) is 5.75 Å². The third-order valence-corrected chi connectivity index (χ3v) is 1.82. The van der Waals surface area contributed by atoms with Crippen molar-refractivity contribution in [3.8, 4) is 5.75 Å². The molecule has 6 nitrogen and oxygen atoms in total. The highest BCUT2D eigenvalue weighted by molar-refractivity contribution is 5.83. The van der Waals surface area contributed by atoms with E-state index in [0.717, 1.165) is 0 Å². The van der Waals surface area contributed by atoms with Crippen LogP contribution in [0.1, 0.15) is 0 Å². The molecule has 0 atom stereocenters. The van der Waals surface area contributed by atoms with Crippen molar-refractivity contribution in [3.05, 3.63) is 28.3 Å². The molecule has 1 N–H and O–H groups in total. The first-order valence-corrected chi connectivity index (χ1v) is 3.90. The van der Waals surface area contributed by atoms with Gasteiger partial charge in [-0.25, -0.2) is 4.79 Å². The molecule has 1 aromatic carbocycles. The van der Waals surface area contributed by atoms with E-state index < -0.39 is 10.9 Å². The molecular weight excluding hydrogens is 188 g/mol. The predicted octanol–water partition coefficient (Wildman–Crippen LogP) is 0.926. The molecule has 14 heavy (non-hydrogen) atoms. The van der Waals surface area contributed by atoms with Crippen LogP contribution in [0.5, 0.6) is 5.75 Å². The minimum Gasteiger partial charge on any atom is -0.423 e. The largest absolute Gasteiger partial charge is 0.423 e. The van der Waals surface area contributed by atoms with Gasteiger partial charge in [-0.05, 0) is 6.07 Å². The Kier molecular flexibility index (Phi) is 1.81. The molecule has 0 fully saturated rings. The first-order chi connectivity index (χ1) is 6.66. The lowest BCUT2D eigenvalue weighted by Crippen LogP contribution is -2.24. The lowest BCUT2D eigenvalue weighted by molar-refractivity contribution is -0.384. The fourth-order valence-corrected chi connectivity index (χ4v) is 1.18. The predicted molar refractivity (Wildman–Crippen MR) is 47.2 cm³/mol. The van der Waals surface area contributed by atoms with Gasteiger partial charge in [0, 0.05) is 12.1 Å². The fraction of sp³-hybridized carbons (Fsp3) is 0.125. The van der Waals surface area contributed by atoms with Gasteiger partial charge in [-0.15, -0.1) is 0 Å². The van der Waals surface area contributed by atoms with Crippen molar-refractivity contribution in [2.75, 3.05) is 11.9 Å². The number of anilines is 1. The van der Waals surface area contributed by atoms with E-state index in [1.54, 1.807) is 0 Å². The molecule has 0 saturated heterocycles. The van der Waals surface area contributed by atoms with E-state index in [9.17, 15) is 14.9 Å². The number of rotatable bonds is 1. The highest BCUT2D eigenvalue weighted by atomic mass is 16.6. The lowest BCUT2D eigenvalue weighted by Gasteiger charge is -2.16. The first-order valence-electron chi connectivity index (χ1n) is 3.90. The van der Waals surface area contributed by atoms with Crippen molar-refractivity contribution in [1.82, 2.24) is 0 Å². The van der Waals surface area contributed by atoms with Crippen molar-refractivity contribution in [2.24, 2.45) is 0 Å². The van der Waals surface area contributed by atoms with Crippen molar-refractivity contribution >= 4 is 17.3 Å². The molecule has 0 spiro atoms. The zero-order chi connectivity index (χ0) is 10.1. The van der Waals surface area contributed by atoms with Crippen LogP contribution in [0.4, 0.5) is 11.4 Å². The number of fused-ring (bicyclic) bond motifs is 1. The molecule has 6 heteroatoms. The molecule has 0 saturated carbocycles. The Morgan fingerprint density at radius 1 is 1.50 bits per heavy atom. The summed E-state index contributed by atoms with van der Waals surface area (Å²) in [6.45, 7) is 0.0359. The molecule has 0 unspecified atom stereocenters. The van der Waals surface area contributed by atoms with E-state index >= 15 is 0 Å². The average Bonchev–Trinajstić information content (AvgIpc) is 2.16. The maximum absolute atomic E-state index is 10.8. The second-order valence-corrected chi connectivity index (χ2v) is 2.77. The fourth-order valence-electron chi connectivity index (χ4n) is 1.18. The number of nitro benzene ring substituents is 1. The summed E-state index contributed by atoms with van der Waals surface area (Å²) < 4.78 is 4.84. The van der Waals surface area contributed by atoms with Gasteiger partial charge in [0.1, 0.15) is 6.54 Å². The molecule has 0 bridgehead atoms. The zero-order valence-electron chi connectivity index (χ0n) is 7.02. The standard InChI is InChI=1S/C8H6N2O4/c11-8-4-9-6-3-5(10(12)13)1-2-7(6)14-8/h1-3,9H,4H2. The number of benzene rings is 1. The topological polar surface area (TPSA) is 81.5 Å². The number of ether oxygens (including phenoxy) is 1. The number of carbonyl (C=O) groups excluding carboxylic acids is 1. The summed E-state index contributed by atoms with van der Waals surface area (Å²) in [7, 11) is 0. The number of nitro groups is 1. The molecule has 72 valence electrons. The van der Waals surface area contributed by atoms with Crippen LogP contribution in [0.25, 0.3) is 0 Å². The highest BCUT2D eigenvalue weighted by Gasteiger charge is 2.18. The molecule has 0 amide bonds. The van der Waals surface area contributed by atoms with E-state index in [1.807, 2.05) is 0 Å². The van der Waals surface area contributed by atoms with Gasteiger partial charge < -0.3 is 10.1 Å². The van der Waals surface area contributed by atoms with Gasteiger partial charge in [-0.3, -0.25) is 10.1 Å². The SMILES string of the molecule is O=C1CNc2cc([N+](=O)[O-])ccc2O1.